The Hall–Kier alpha value is -2.21. The van der Waals surface area contributed by atoms with Crippen LogP contribution in [0.4, 0.5) is 5.69 Å². The summed E-state index contributed by atoms with van der Waals surface area (Å²) in [5.41, 5.74) is 1.05. The predicted octanol–water partition coefficient (Wildman–Crippen LogP) is 2.49. The van der Waals surface area contributed by atoms with Gasteiger partial charge in [0.2, 0.25) is 0 Å². The Morgan fingerprint density at radius 2 is 2.05 bits per heavy atom. The second-order valence-electron chi connectivity index (χ2n) is 3.81. The van der Waals surface area contributed by atoms with Crippen molar-refractivity contribution in [1.82, 2.24) is 4.37 Å². The van der Waals surface area contributed by atoms with E-state index >= 15 is 0 Å². The molecular formula is C13H12N2O3S. The van der Waals surface area contributed by atoms with Crippen LogP contribution in [-0.4, -0.2) is 23.4 Å². The minimum Gasteiger partial charge on any atom is -0.465 e. The molecule has 0 aliphatic heterocycles. The lowest BCUT2D eigenvalue weighted by atomic mass is 10.1. The van der Waals surface area contributed by atoms with E-state index in [1.54, 1.807) is 30.3 Å². The highest BCUT2D eigenvalue weighted by Gasteiger charge is 2.15. The number of hydrogen-bond acceptors (Lipinski definition) is 5. The van der Waals surface area contributed by atoms with Crippen LogP contribution >= 0.6 is 11.5 Å². The Morgan fingerprint density at radius 1 is 1.32 bits per heavy atom. The highest BCUT2D eigenvalue weighted by molar-refractivity contribution is 7.05. The van der Waals surface area contributed by atoms with Gasteiger partial charge in [0.25, 0.3) is 5.91 Å². The summed E-state index contributed by atoms with van der Waals surface area (Å²) in [7, 11) is 1.30. The lowest BCUT2D eigenvalue weighted by molar-refractivity contribution is 0.0602. The molecule has 1 aromatic carbocycles. The molecule has 2 aromatic rings. The second-order valence-corrected chi connectivity index (χ2v) is 4.82. The number of carbonyl (C=O) groups is 2. The zero-order valence-corrected chi connectivity index (χ0v) is 11.3. The Morgan fingerprint density at radius 3 is 2.68 bits per heavy atom. The number of ether oxygens (including phenoxy) is 1. The van der Waals surface area contributed by atoms with E-state index in [0.717, 1.165) is 4.88 Å². The molecule has 0 saturated heterocycles. The highest BCUT2D eigenvalue weighted by Crippen LogP contribution is 2.17. The van der Waals surface area contributed by atoms with Crippen LogP contribution in [0.5, 0.6) is 0 Å². The second kappa shape index (κ2) is 5.62. The van der Waals surface area contributed by atoms with Gasteiger partial charge >= 0.3 is 5.97 Å². The van der Waals surface area contributed by atoms with Crippen molar-refractivity contribution in [2.24, 2.45) is 0 Å². The quantitative estimate of drug-likeness (QED) is 0.874. The number of rotatable bonds is 3. The molecule has 0 saturated carbocycles. The Kier molecular flexibility index (Phi) is 3.91. The first kappa shape index (κ1) is 13.2. The van der Waals surface area contributed by atoms with Crippen molar-refractivity contribution < 1.29 is 14.3 Å². The molecule has 6 heteroatoms. The van der Waals surface area contributed by atoms with Gasteiger partial charge in [-0.25, -0.2) is 4.79 Å². The van der Waals surface area contributed by atoms with Gasteiger partial charge < -0.3 is 10.1 Å². The minimum atomic E-state index is -0.495. The maximum absolute atomic E-state index is 12.0. The molecule has 0 fully saturated rings. The zero-order chi connectivity index (χ0) is 13.8. The van der Waals surface area contributed by atoms with E-state index in [1.165, 1.54) is 18.6 Å². The van der Waals surface area contributed by atoms with E-state index in [9.17, 15) is 9.59 Å². The molecule has 0 radical (unpaired) electrons. The van der Waals surface area contributed by atoms with Crippen molar-refractivity contribution >= 4 is 29.1 Å². The number of anilines is 1. The first-order valence-corrected chi connectivity index (χ1v) is 6.31. The number of amides is 1. The van der Waals surface area contributed by atoms with Crippen molar-refractivity contribution in [3.63, 3.8) is 0 Å². The summed E-state index contributed by atoms with van der Waals surface area (Å²) in [4.78, 5) is 24.5. The number of aryl methyl sites for hydroxylation is 1. The van der Waals surface area contributed by atoms with E-state index in [1.807, 2.05) is 6.92 Å². The van der Waals surface area contributed by atoms with Gasteiger partial charge in [-0.05, 0) is 36.7 Å². The third-order valence-electron chi connectivity index (χ3n) is 2.44. The van der Waals surface area contributed by atoms with Crippen molar-refractivity contribution in [1.29, 1.82) is 0 Å². The number of para-hydroxylation sites is 1. The monoisotopic (exact) mass is 276 g/mol. The fourth-order valence-electron chi connectivity index (χ4n) is 1.54. The summed E-state index contributed by atoms with van der Waals surface area (Å²) >= 11 is 1.26. The molecule has 1 aromatic heterocycles. The van der Waals surface area contributed by atoms with Crippen LogP contribution in [0.25, 0.3) is 0 Å². The molecule has 19 heavy (non-hydrogen) atoms. The third-order valence-corrected chi connectivity index (χ3v) is 3.13. The summed E-state index contributed by atoms with van der Waals surface area (Å²) in [6.45, 7) is 1.87. The molecule has 0 spiro atoms. The lowest BCUT2D eigenvalue weighted by Gasteiger charge is -2.08. The number of esters is 1. The van der Waals surface area contributed by atoms with Crippen LogP contribution in [0, 0.1) is 6.92 Å². The molecule has 0 atom stereocenters. The Bertz CT molecular complexity index is 622. The first-order valence-electron chi connectivity index (χ1n) is 5.54. The van der Waals surface area contributed by atoms with Gasteiger partial charge in [-0.3, -0.25) is 4.79 Å². The van der Waals surface area contributed by atoms with Crippen molar-refractivity contribution in [2.75, 3.05) is 12.4 Å². The maximum Gasteiger partial charge on any atom is 0.339 e. The first-order chi connectivity index (χ1) is 9.11. The van der Waals surface area contributed by atoms with E-state index in [4.69, 9.17) is 0 Å². The number of hydrogen-bond donors (Lipinski definition) is 1. The van der Waals surface area contributed by atoms with E-state index in [0.29, 0.717) is 16.9 Å². The summed E-state index contributed by atoms with van der Waals surface area (Å²) in [6, 6.07) is 8.36. The molecule has 0 aliphatic carbocycles. The van der Waals surface area contributed by atoms with Crippen LogP contribution in [0.1, 0.15) is 25.7 Å². The summed E-state index contributed by atoms with van der Waals surface area (Å²) in [5.74, 6) is -0.842. The molecule has 0 bridgehead atoms. The fraction of sp³-hybridized carbons (Fsp3) is 0.154. The van der Waals surface area contributed by atoms with Crippen LogP contribution < -0.4 is 5.32 Å². The van der Waals surface area contributed by atoms with Crippen LogP contribution in [0.2, 0.25) is 0 Å². The number of nitrogens with zero attached hydrogens (tertiary/aromatic N) is 1. The Labute approximate surface area is 114 Å². The minimum absolute atomic E-state index is 0.310. The fourth-order valence-corrected chi connectivity index (χ4v) is 2.08. The van der Waals surface area contributed by atoms with Crippen molar-refractivity contribution in [2.45, 2.75) is 6.92 Å². The molecule has 2 rings (SSSR count). The van der Waals surface area contributed by atoms with Gasteiger partial charge in [-0.1, -0.05) is 12.1 Å². The number of benzene rings is 1. The average molecular weight is 276 g/mol. The molecule has 1 N–H and O–H groups in total. The van der Waals surface area contributed by atoms with Gasteiger partial charge in [-0.2, -0.15) is 4.37 Å². The molecular weight excluding hydrogens is 264 g/mol. The molecule has 5 nitrogen and oxygen atoms in total. The third kappa shape index (κ3) is 2.97. The average Bonchev–Trinajstić information content (AvgIpc) is 2.85. The highest BCUT2D eigenvalue weighted by atomic mass is 32.1. The molecule has 0 aliphatic rings. The van der Waals surface area contributed by atoms with Gasteiger partial charge in [0.05, 0.1) is 18.4 Å². The number of nitrogens with one attached hydrogen (secondary N) is 1. The number of methoxy groups -OCH3 is 1. The largest absolute Gasteiger partial charge is 0.465 e. The van der Waals surface area contributed by atoms with Gasteiger partial charge in [0, 0.05) is 4.88 Å². The van der Waals surface area contributed by atoms with Crippen molar-refractivity contribution in [3.05, 3.63) is 46.5 Å². The van der Waals surface area contributed by atoms with Gasteiger partial charge in [0.15, 0.2) is 0 Å². The van der Waals surface area contributed by atoms with Crippen LogP contribution in [0.3, 0.4) is 0 Å². The maximum atomic E-state index is 12.0. The number of aromatic nitrogens is 1. The zero-order valence-electron chi connectivity index (χ0n) is 10.5. The molecule has 98 valence electrons. The summed E-state index contributed by atoms with van der Waals surface area (Å²) in [5, 5.41) is 2.66. The van der Waals surface area contributed by atoms with Crippen molar-refractivity contribution in [3.8, 4) is 0 Å². The summed E-state index contributed by atoms with van der Waals surface area (Å²) < 4.78 is 8.68. The molecule has 1 amide bonds. The Balaban J connectivity index is 2.24. The molecule has 0 unspecified atom stereocenters. The van der Waals surface area contributed by atoms with Crippen LogP contribution in [0.15, 0.2) is 30.3 Å². The standard InChI is InChI=1S/C13H12N2O3S/c1-8-7-11(15-19-8)12(16)14-10-6-4-3-5-9(10)13(17)18-2/h3-7H,1-2H3,(H,14,16). The van der Waals surface area contributed by atoms with E-state index < -0.39 is 5.97 Å². The van der Waals surface area contributed by atoms with E-state index in [-0.39, 0.29) is 5.91 Å². The normalized spacial score (nSPS) is 10.0. The summed E-state index contributed by atoms with van der Waals surface area (Å²) in [6.07, 6.45) is 0. The van der Waals surface area contributed by atoms with Crippen LogP contribution in [-0.2, 0) is 4.74 Å². The van der Waals surface area contributed by atoms with E-state index in [2.05, 4.69) is 14.4 Å². The van der Waals surface area contributed by atoms with Gasteiger partial charge in [-0.15, -0.1) is 0 Å². The lowest BCUT2D eigenvalue weighted by Crippen LogP contribution is -2.15. The topological polar surface area (TPSA) is 68.3 Å². The number of carbonyl (C=O) groups excluding carboxylic acids is 2. The smallest absolute Gasteiger partial charge is 0.339 e. The van der Waals surface area contributed by atoms with Gasteiger partial charge in [0.1, 0.15) is 5.69 Å². The SMILES string of the molecule is COC(=O)c1ccccc1NC(=O)c1cc(C)sn1. The predicted molar refractivity (Wildman–Crippen MR) is 72.6 cm³/mol. The molecule has 1 heterocycles.